The Kier molecular flexibility index (Phi) is 9.35. The average molecular weight is 575 g/mol. The van der Waals surface area contributed by atoms with Crippen LogP contribution in [0.1, 0.15) is 49.9 Å². The van der Waals surface area contributed by atoms with Crippen molar-refractivity contribution < 1.29 is 23.8 Å². The van der Waals surface area contributed by atoms with Gasteiger partial charge in [-0.25, -0.2) is 4.98 Å². The highest BCUT2D eigenvalue weighted by atomic mass is 16.5. The van der Waals surface area contributed by atoms with Crippen LogP contribution in [0.15, 0.2) is 47.4 Å². The molecule has 10 heteroatoms. The molecule has 42 heavy (non-hydrogen) atoms. The number of rotatable bonds is 9. The van der Waals surface area contributed by atoms with Gasteiger partial charge in [-0.15, -0.1) is 0 Å². The second-order valence-corrected chi connectivity index (χ2v) is 10.6. The maximum Gasteiger partial charge on any atom is 0.248 e. The van der Waals surface area contributed by atoms with Gasteiger partial charge in [0.25, 0.3) is 0 Å². The summed E-state index contributed by atoms with van der Waals surface area (Å²) in [6.07, 6.45) is 2.75. The maximum absolute atomic E-state index is 13.7. The van der Waals surface area contributed by atoms with E-state index in [1.165, 1.54) is 20.1 Å². The summed E-state index contributed by atoms with van der Waals surface area (Å²) in [6, 6.07) is 9.43. The number of nitrogens with zero attached hydrogens (tertiary/aromatic N) is 1. The van der Waals surface area contributed by atoms with E-state index >= 15 is 0 Å². The minimum atomic E-state index is -0.723. The molecule has 1 heterocycles. The quantitative estimate of drug-likeness (QED) is 0.337. The number of hydrogen-bond donors (Lipinski definition) is 3. The van der Waals surface area contributed by atoms with Crippen LogP contribution in [0.25, 0.3) is 11.1 Å². The Labute approximate surface area is 245 Å². The number of ether oxygens (including phenoxy) is 3. The van der Waals surface area contributed by atoms with Gasteiger partial charge in [-0.1, -0.05) is 26.0 Å². The molecule has 4 rings (SSSR count). The summed E-state index contributed by atoms with van der Waals surface area (Å²) in [7, 11) is 4.65. The number of amides is 2. The van der Waals surface area contributed by atoms with Crippen LogP contribution in [0.2, 0.25) is 0 Å². The number of aromatic nitrogens is 1. The summed E-state index contributed by atoms with van der Waals surface area (Å²) in [5.41, 5.74) is 3.79. The number of carbonyl (C=O) groups excluding carboxylic acids is 2. The Morgan fingerprint density at radius 1 is 1.02 bits per heavy atom. The van der Waals surface area contributed by atoms with Crippen LogP contribution in [0.5, 0.6) is 17.2 Å². The van der Waals surface area contributed by atoms with E-state index in [9.17, 15) is 14.4 Å². The highest BCUT2D eigenvalue weighted by Crippen LogP contribution is 2.50. The monoisotopic (exact) mass is 574 g/mol. The van der Waals surface area contributed by atoms with Gasteiger partial charge in [0.2, 0.25) is 23.0 Å². The molecular weight excluding hydrogens is 536 g/mol. The van der Waals surface area contributed by atoms with E-state index < -0.39 is 12.1 Å². The van der Waals surface area contributed by atoms with E-state index in [-0.39, 0.29) is 28.8 Å². The van der Waals surface area contributed by atoms with Gasteiger partial charge in [0.15, 0.2) is 11.5 Å². The zero-order chi connectivity index (χ0) is 30.6. The molecule has 0 aliphatic heterocycles. The lowest BCUT2D eigenvalue weighted by molar-refractivity contribution is -0.120. The first kappa shape index (κ1) is 30.4. The summed E-state index contributed by atoms with van der Waals surface area (Å²) < 4.78 is 17.1. The number of carbonyl (C=O) groups is 2. The van der Waals surface area contributed by atoms with Crippen molar-refractivity contribution in [2.24, 2.45) is 5.92 Å². The van der Waals surface area contributed by atoms with E-state index in [4.69, 9.17) is 14.2 Å². The van der Waals surface area contributed by atoms with Gasteiger partial charge in [-0.3, -0.25) is 14.4 Å². The fraction of sp³-hybridized carbons (Fsp3) is 0.375. The predicted octanol–water partition coefficient (Wildman–Crippen LogP) is 4.64. The molecule has 2 amide bonds. The summed E-state index contributed by atoms with van der Waals surface area (Å²) in [5.74, 6) is 1.21. The molecule has 0 fully saturated rings. The summed E-state index contributed by atoms with van der Waals surface area (Å²) >= 11 is 0. The normalized spacial score (nSPS) is 14.5. The van der Waals surface area contributed by atoms with Crippen LogP contribution in [0.3, 0.4) is 0 Å². The van der Waals surface area contributed by atoms with Gasteiger partial charge in [0.05, 0.1) is 33.1 Å². The highest BCUT2D eigenvalue weighted by molar-refractivity contribution is 5.96. The topological polar surface area (TPSA) is 128 Å². The molecule has 2 aromatic carbocycles. The van der Waals surface area contributed by atoms with Crippen LogP contribution in [-0.2, 0) is 16.0 Å². The first-order valence-electron chi connectivity index (χ1n) is 13.9. The third-order valence-corrected chi connectivity index (χ3v) is 7.43. The Balaban J connectivity index is 1.86. The lowest BCUT2D eigenvalue weighted by atomic mass is 9.95. The zero-order valence-corrected chi connectivity index (χ0v) is 25.1. The summed E-state index contributed by atoms with van der Waals surface area (Å²) in [5, 5.41) is 9.06. The highest BCUT2D eigenvalue weighted by Gasteiger charge is 2.30. The fourth-order valence-corrected chi connectivity index (χ4v) is 5.34. The van der Waals surface area contributed by atoms with Crippen LogP contribution < -0.4 is 35.6 Å². The molecule has 0 radical (unpaired) electrons. The molecule has 0 saturated heterocycles. The van der Waals surface area contributed by atoms with Crippen LogP contribution >= 0.6 is 0 Å². The van der Waals surface area contributed by atoms with E-state index in [2.05, 4.69) is 20.9 Å². The second kappa shape index (κ2) is 12.9. The largest absolute Gasteiger partial charge is 0.493 e. The van der Waals surface area contributed by atoms with Crippen LogP contribution in [-0.4, -0.2) is 44.2 Å². The second-order valence-electron chi connectivity index (χ2n) is 10.6. The lowest BCUT2D eigenvalue weighted by Gasteiger charge is -2.22. The van der Waals surface area contributed by atoms with Crippen molar-refractivity contribution >= 4 is 23.3 Å². The van der Waals surface area contributed by atoms with Gasteiger partial charge in [0.1, 0.15) is 11.9 Å². The third-order valence-electron chi connectivity index (χ3n) is 7.43. The number of anilines is 2. The number of pyridine rings is 1. The van der Waals surface area contributed by atoms with E-state index in [1.807, 2.05) is 39.0 Å². The molecule has 1 aromatic heterocycles. The first-order chi connectivity index (χ1) is 20.1. The summed E-state index contributed by atoms with van der Waals surface area (Å²) in [6.45, 7) is 7.12. The van der Waals surface area contributed by atoms with E-state index in [0.29, 0.717) is 47.0 Å². The Bertz CT molecular complexity index is 1550. The van der Waals surface area contributed by atoms with Gasteiger partial charge in [-0.2, -0.15) is 0 Å². The zero-order valence-electron chi connectivity index (χ0n) is 25.1. The molecule has 2 atom stereocenters. The number of nitrogens with one attached hydrogen (secondary N) is 3. The van der Waals surface area contributed by atoms with Gasteiger partial charge >= 0.3 is 0 Å². The van der Waals surface area contributed by atoms with Crippen molar-refractivity contribution in [1.82, 2.24) is 10.3 Å². The summed E-state index contributed by atoms with van der Waals surface area (Å²) in [4.78, 5) is 43.5. The Morgan fingerprint density at radius 3 is 2.38 bits per heavy atom. The van der Waals surface area contributed by atoms with Crippen molar-refractivity contribution in [3.05, 3.63) is 69.5 Å². The van der Waals surface area contributed by atoms with Crippen molar-refractivity contribution in [2.45, 2.75) is 52.6 Å². The predicted molar refractivity (Wildman–Crippen MR) is 163 cm³/mol. The van der Waals surface area contributed by atoms with Crippen molar-refractivity contribution in [1.29, 1.82) is 0 Å². The number of benzene rings is 1. The minimum absolute atomic E-state index is 0.151. The molecule has 0 bridgehead atoms. The number of methoxy groups -OCH3 is 3. The van der Waals surface area contributed by atoms with Gasteiger partial charge in [-0.05, 0) is 72.2 Å². The Hall–Kier alpha value is -4.60. The SMILES string of the molecule is COc1cc2c(c(OC)c1OC)-c1ccc(NC(C(=O)Nc3ncccc3C)C(C)C)c(=O)cc1C(NC(C)=O)CC2. The Morgan fingerprint density at radius 2 is 1.76 bits per heavy atom. The molecular formula is C32H38N4O6. The maximum atomic E-state index is 13.7. The molecule has 222 valence electrons. The average Bonchev–Trinajstić information content (AvgIpc) is 3.19. The molecule has 0 spiro atoms. The van der Waals surface area contributed by atoms with Crippen molar-refractivity contribution in [2.75, 3.05) is 32.0 Å². The molecule has 1 aliphatic rings. The van der Waals surface area contributed by atoms with Crippen LogP contribution in [0, 0.1) is 12.8 Å². The molecule has 3 N–H and O–H groups in total. The van der Waals surface area contributed by atoms with E-state index in [1.54, 1.807) is 32.5 Å². The van der Waals surface area contributed by atoms with E-state index in [0.717, 1.165) is 16.7 Å². The molecule has 3 aromatic rings. The van der Waals surface area contributed by atoms with Gasteiger partial charge < -0.3 is 30.2 Å². The van der Waals surface area contributed by atoms with Crippen molar-refractivity contribution in [3.8, 4) is 28.4 Å². The van der Waals surface area contributed by atoms with Gasteiger partial charge in [0, 0.05) is 18.7 Å². The number of aryl methyl sites for hydroxylation is 2. The fourth-order valence-electron chi connectivity index (χ4n) is 5.34. The van der Waals surface area contributed by atoms with Crippen molar-refractivity contribution in [3.63, 3.8) is 0 Å². The lowest BCUT2D eigenvalue weighted by Crippen LogP contribution is -2.40. The smallest absolute Gasteiger partial charge is 0.248 e. The standard InChI is InChI=1S/C32H38N4O6/c1-17(2)28(32(39)36-31-18(3)9-8-14-33-31)35-24-13-11-21-22(16-25(24)38)23(34-19(4)37)12-10-20-15-26(40-5)29(41-6)30(42-7)27(20)21/h8-9,11,13-17,23,28H,10,12H2,1-7H3,(H,34,37)(H,35,38)(H,33,36,39). The number of hydrogen-bond acceptors (Lipinski definition) is 8. The molecule has 10 nitrogen and oxygen atoms in total. The molecule has 2 unspecified atom stereocenters. The number of fused-ring (bicyclic) bond motifs is 3. The minimum Gasteiger partial charge on any atom is -0.493 e. The third kappa shape index (κ3) is 6.17. The molecule has 1 aliphatic carbocycles. The van der Waals surface area contributed by atoms with Crippen LogP contribution in [0.4, 0.5) is 11.5 Å². The first-order valence-corrected chi connectivity index (χ1v) is 13.9. The molecule has 0 saturated carbocycles.